The first-order chi connectivity index (χ1) is 6.93. The summed E-state index contributed by atoms with van der Waals surface area (Å²) in [5.74, 6) is 0. The summed E-state index contributed by atoms with van der Waals surface area (Å²) in [6, 6.07) is 5.22. The number of hydrogen-bond acceptors (Lipinski definition) is 2. The molecule has 0 saturated heterocycles. The molecule has 0 saturated carbocycles. The van der Waals surface area contributed by atoms with Gasteiger partial charge in [0.05, 0.1) is 10.6 Å². The SMILES string of the molecule is CC1=Nc2ccc(S(=O)O)cc2C1(C)C. The number of fused-ring (bicyclic) bond motifs is 1. The van der Waals surface area contributed by atoms with Crippen LogP contribution in [0.25, 0.3) is 0 Å². The third-order valence-electron chi connectivity index (χ3n) is 3.04. The van der Waals surface area contributed by atoms with Crippen LogP contribution in [0.3, 0.4) is 0 Å². The maximum absolute atomic E-state index is 11.0. The molecule has 0 bridgehead atoms. The Labute approximate surface area is 91.5 Å². The van der Waals surface area contributed by atoms with E-state index < -0.39 is 11.1 Å². The molecule has 1 aliphatic rings. The Morgan fingerprint density at radius 1 is 1.40 bits per heavy atom. The Bertz CT molecular complexity index is 477. The van der Waals surface area contributed by atoms with Gasteiger partial charge in [-0.3, -0.25) is 4.99 Å². The van der Waals surface area contributed by atoms with E-state index in [1.54, 1.807) is 18.2 Å². The van der Waals surface area contributed by atoms with Crippen molar-refractivity contribution in [3.63, 3.8) is 0 Å². The van der Waals surface area contributed by atoms with E-state index in [0.29, 0.717) is 4.90 Å². The minimum absolute atomic E-state index is 0.134. The van der Waals surface area contributed by atoms with Gasteiger partial charge in [-0.15, -0.1) is 0 Å². The number of nitrogens with zero attached hydrogens (tertiary/aromatic N) is 1. The molecule has 0 amide bonds. The Morgan fingerprint density at radius 3 is 2.67 bits per heavy atom. The maximum atomic E-state index is 11.0. The standard InChI is InChI=1S/C11H13NO2S/c1-7-11(2,3)9-6-8(15(13)14)4-5-10(9)12-7/h4-6H,1-3H3,(H,13,14). The molecule has 1 aromatic carbocycles. The lowest BCUT2D eigenvalue weighted by Crippen LogP contribution is -2.22. The number of hydrogen-bond donors (Lipinski definition) is 1. The molecule has 80 valence electrons. The zero-order chi connectivity index (χ0) is 11.2. The van der Waals surface area contributed by atoms with Gasteiger partial charge in [0.25, 0.3) is 0 Å². The van der Waals surface area contributed by atoms with Crippen molar-refractivity contribution in [1.29, 1.82) is 0 Å². The van der Waals surface area contributed by atoms with Gasteiger partial charge < -0.3 is 4.55 Å². The van der Waals surface area contributed by atoms with Gasteiger partial charge in [-0.1, -0.05) is 13.8 Å². The summed E-state index contributed by atoms with van der Waals surface area (Å²) in [5, 5.41) is 0. The molecule has 3 nitrogen and oxygen atoms in total. The van der Waals surface area contributed by atoms with Gasteiger partial charge in [-0.2, -0.15) is 0 Å². The average molecular weight is 223 g/mol. The molecule has 1 heterocycles. The second-order valence-electron chi connectivity index (χ2n) is 4.25. The highest BCUT2D eigenvalue weighted by Gasteiger charge is 2.32. The summed E-state index contributed by atoms with van der Waals surface area (Å²) in [7, 11) is 0. The molecule has 0 spiro atoms. The lowest BCUT2D eigenvalue weighted by Gasteiger charge is -2.19. The van der Waals surface area contributed by atoms with Crippen molar-refractivity contribution in [2.75, 3.05) is 0 Å². The second-order valence-corrected chi connectivity index (χ2v) is 5.22. The quantitative estimate of drug-likeness (QED) is 0.744. The van der Waals surface area contributed by atoms with E-state index in [1.165, 1.54) is 0 Å². The smallest absolute Gasteiger partial charge is 0.186 e. The molecule has 1 aliphatic heterocycles. The monoisotopic (exact) mass is 223 g/mol. The van der Waals surface area contributed by atoms with Crippen LogP contribution in [0.4, 0.5) is 5.69 Å². The summed E-state index contributed by atoms with van der Waals surface area (Å²) < 4.78 is 20.0. The predicted octanol–water partition coefficient (Wildman–Crippen LogP) is 2.65. The Morgan fingerprint density at radius 2 is 2.07 bits per heavy atom. The molecule has 1 unspecified atom stereocenters. The fourth-order valence-electron chi connectivity index (χ4n) is 1.74. The topological polar surface area (TPSA) is 49.7 Å². The zero-order valence-electron chi connectivity index (χ0n) is 8.94. The minimum Gasteiger partial charge on any atom is -0.302 e. The van der Waals surface area contributed by atoms with Crippen LogP contribution in [0, 0.1) is 0 Å². The first kappa shape index (κ1) is 10.5. The van der Waals surface area contributed by atoms with Crippen molar-refractivity contribution < 1.29 is 8.76 Å². The third kappa shape index (κ3) is 1.54. The fraction of sp³-hybridized carbons (Fsp3) is 0.364. The van der Waals surface area contributed by atoms with Crippen LogP contribution in [-0.4, -0.2) is 14.5 Å². The largest absolute Gasteiger partial charge is 0.302 e. The van der Waals surface area contributed by atoms with Gasteiger partial charge >= 0.3 is 0 Å². The van der Waals surface area contributed by atoms with Crippen molar-refractivity contribution in [3.8, 4) is 0 Å². The van der Waals surface area contributed by atoms with Gasteiger partial charge in [0.15, 0.2) is 11.1 Å². The zero-order valence-corrected chi connectivity index (χ0v) is 9.76. The van der Waals surface area contributed by atoms with Gasteiger partial charge in [0.1, 0.15) is 0 Å². The molecule has 4 heteroatoms. The summed E-state index contributed by atoms with van der Waals surface area (Å²) in [5.41, 5.74) is 2.84. The van der Waals surface area contributed by atoms with Crippen LogP contribution in [-0.2, 0) is 16.5 Å². The van der Waals surface area contributed by atoms with Crippen molar-refractivity contribution in [2.45, 2.75) is 31.1 Å². The molecule has 1 N–H and O–H groups in total. The fourth-order valence-corrected chi connectivity index (χ4v) is 2.14. The molecular formula is C11H13NO2S. The van der Waals surface area contributed by atoms with Gasteiger partial charge in [-0.05, 0) is 30.7 Å². The molecule has 1 aromatic rings. The number of aliphatic imine (C=N–C) groups is 1. The van der Waals surface area contributed by atoms with Crippen molar-refractivity contribution in [2.24, 2.45) is 4.99 Å². The highest BCUT2D eigenvalue weighted by atomic mass is 32.2. The summed E-state index contributed by atoms with van der Waals surface area (Å²) >= 11 is -1.92. The van der Waals surface area contributed by atoms with E-state index in [4.69, 9.17) is 4.55 Å². The van der Waals surface area contributed by atoms with E-state index in [9.17, 15) is 4.21 Å². The van der Waals surface area contributed by atoms with Crippen LogP contribution in [0.15, 0.2) is 28.1 Å². The van der Waals surface area contributed by atoms with Gasteiger partial charge in [0.2, 0.25) is 0 Å². The third-order valence-corrected chi connectivity index (χ3v) is 3.69. The Balaban J connectivity index is 2.60. The molecule has 15 heavy (non-hydrogen) atoms. The number of rotatable bonds is 1. The summed E-state index contributed by atoms with van der Waals surface area (Å²) in [6.07, 6.45) is 0. The predicted molar refractivity (Wildman–Crippen MR) is 61.3 cm³/mol. The molecule has 0 aromatic heterocycles. The molecule has 0 aliphatic carbocycles. The first-order valence-electron chi connectivity index (χ1n) is 4.74. The molecule has 0 fully saturated rings. The van der Waals surface area contributed by atoms with E-state index in [0.717, 1.165) is 17.0 Å². The first-order valence-corrected chi connectivity index (χ1v) is 5.85. The normalized spacial score (nSPS) is 19.6. The van der Waals surface area contributed by atoms with Gasteiger partial charge in [0, 0.05) is 11.1 Å². The summed E-state index contributed by atoms with van der Waals surface area (Å²) in [6.45, 7) is 6.12. The van der Waals surface area contributed by atoms with E-state index in [-0.39, 0.29) is 5.41 Å². The Hall–Kier alpha value is -1.00. The lowest BCUT2D eigenvalue weighted by atomic mass is 9.82. The van der Waals surface area contributed by atoms with E-state index >= 15 is 0 Å². The van der Waals surface area contributed by atoms with E-state index in [1.807, 2.05) is 6.92 Å². The molecule has 1 atom stereocenters. The lowest BCUT2D eigenvalue weighted by molar-refractivity contribution is 0.564. The second kappa shape index (κ2) is 3.25. The summed E-state index contributed by atoms with van der Waals surface area (Å²) in [4.78, 5) is 4.88. The number of benzene rings is 1. The van der Waals surface area contributed by atoms with Crippen LogP contribution in [0.5, 0.6) is 0 Å². The van der Waals surface area contributed by atoms with Crippen LogP contribution in [0.1, 0.15) is 26.3 Å². The van der Waals surface area contributed by atoms with Crippen LogP contribution >= 0.6 is 0 Å². The van der Waals surface area contributed by atoms with Crippen molar-refractivity contribution >= 4 is 22.5 Å². The van der Waals surface area contributed by atoms with Crippen LogP contribution in [0.2, 0.25) is 0 Å². The minimum atomic E-state index is -1.92. The van der Waals surface area contributed by atoms with Crippen molar-refractivity contribution in [3.05, 3.63) is 23.8 Å². The van der Waals surface area contributed by atoms with E-state index in [2.05, 4.69) is 18.8 Å². The molecule has 2 rings (SSSR count). The highest BCUT2D eigenvalue weighted by molar-refractivity contribution is 7.79. The van der Waals surface area contributed by atoms with Crippen LogP contribution < -0.4 is 0 Å². The highest BCUT2D eigenvalue weighted by Crippen LogP contribution is 2.40. The molecular weight excluding hydrogens is 210 g/mol. The van der Waals surface area contributed by atoms with Crippen molar-refractivity contribution in [1.82, 2.24) is 0 Å². The average Bonchev–Trinajstić information content (AvgIpc) is 2.38. The molecule has 0 radical (unpaired) electrons. The maximum Gasteiger partial charge on any atom is 0.186 e. The van der Waals surface area contributed by atoms with Gasteiger partial charge in [-0.25, -0.2) is 4.21 Å². The Kier molecular flexibility index (Phi) is 2.28.